The second kappa shape index (κ2) is 5.43. The maximum atomic E-state index is 4.45. The fraction of sp³-hybridized carbons (Fsp3) is 0.250. The number of hydrogen-bond donors (Lipinski definition) is 0. The number of rotatable bonds is 4. The average Bonchev–Trinajstić information content (AvgIpc) is 2.82. The number of aromatic nitrogens is 3. The molecule has 0 spiro atoms. The van der Waals surface area contributed by atoms with Crippen LogP contribution in [0.4, 0.5) is 0 Å². The summed E-state index contributed by atoms with van der Waals surface area (Å²) in [5, 5.41) is 0. The molecule has 3 aromatic heterocycles. The first-order chi connectivity index (χ1) is 9.72. The highest BCUT2D eigenvalue weighted by Gasteiger charge is 2.07. The Labute approximate surface area is 118 Å². The van der Waals surface area contributed by atoms with Crippen molar-refractivity contribution in [3.8, 4) is 0 Å². The van der Waals surface area contributed by atoms with Gasteiger partial charge >= 0.3 is 0 Å². The summed E-state index contributed by atoms with van der Waals surface area (Å²) in [6, 6.07) is 8.25. The molecule has 3 heterocycles. The minimum Gasteiger partial charge on any atom is -0.303 e. The van der Waals surface area contributed by atoms with Gasteiger partial charge in [0.2, 0.25) is 0 Å². The first-order valence-electron chi connectivity index (χ1n) is 6.72. The average molecular weight is 266 g/mol. The van der Waals surface area contributed by atoms with E-state index in [9.17, 15) is 0 Å². The van der Waals surface area contributed by atoms with E-state index in [2.05, 4.69) is 63.7 Å². The molecule has 0 amide bonds. The predicted molar refractivity (Wildman–Crippen MR) is 79.3 cm³/mol. The molecule has 4 nitrogen and oxygen atoms in total. The summed E-state index contributed by atoms with van der Waals surface area (Å²) in [6.45, 7) is 3.87. The third-order valence-electron chi connectivity index (χ3n) is 3.36. The molecule has 0 saturated heterocycles. The van der Waals surface area contributed by atoms with E-state index in [-0.39, 0.29) is 0 Å². The van der Waals surface area contributed by atoms with Gasteiger partial charge in [-0.3, -0.25) is 9.88 Å². The molecular formula is C16H18N4. The Hall–Kier alpha value is -2.20. The van der Waals surface area contributed by atoms with Crippen molar-refractivity contribution in [1.29, 1.82) is 0 Å². The highest BCUT2D eigenvalue weighted by atomic mass is 15.1. The summed E-state index contributed by atoms with van der Waals surface area (Å²) in [4.78, 5) is 10.8. The molecular weight excluding hydrogens is 248 g/mol. The van der Waals surface area contributed by atoms with Crippen LogP contribution in [-0.4, -0.2) is 26.3 Å². The maximum absolute atomic E-state index is 4.45. The van der Waals surface area contributed by atoms with E-state index >= 15 is 0 Å². The molecule has 0 N–H and O–H groups in total. The van der Waals surface area contributed by atoms with Crippen LogP contribution in [0, 0.1) is 6.92 Å². The summed E-state index contributed by atoms with van der Waals surface area (Å²) in [5.74, 6) is 0. The van der Waals surface area contributed by atoms with Crippen LogP contribution >= 0.6 is 0 Å². The van der Waals surface area contributed by atoms with E-state index in [1.165, 1.54) is 16.8 Å². The van der Waals surface area contributed by atoms with Crippen LogP contribution in [0.1, 0.15) is 16.8 Å². The highest BCUT2D eigenvalue weighted by molar-refractivity contribution is 5.41. The number of imidazole rings is 1. The van der Waals surface area contributed by atoms with Crippen molar-refractivity contribution in [3.63, 3.8) is 0 Å². The number of aryl methyl sites for hydroxylation is 1. The molecule has 0 aromatic carbocycles. The molecule has 102 valence electrons. The lowest BCUT2D eigenvalue weighted by Crippen LogP contribution is -2.18. The Balaban J connectivity index is 1.77. The lowest BCUT2D eigenvalue weighted by atomic mass is 10.2. The molecule has 0 aliphatic heterocycles. The smallest absolute Gasteiger partial charge is 0.136 e. The molecule has 0 unspecified atom stereocenters. The van der Waals surface area contributed by atoms with Gasteiger partial charge in [0, 0.05) is 31.7 Å². The number of nitrogens with zero attached hydrogens (tertiary/aromatic N) is 4. The van der Waals surface area contributed by atoms with Gasteiger partial charge in [-0.15, -0.1) is 0 Å². The van der Waals surface area contributed by atoms with Crippen molar-refractivity contribution in [3.05, 3.63) is 65.9 Å². The van der Waals surface area contributed by atoms with Crippen molar-refractivity contribution in [2.24, 2.45) is 0 Å². The SMILES string of the molecule is Cc1ccc2ncc(CN(C)Cc3ccncc3)n2c1. The summed E-state index contributed by atoms with van der Waals surface area (Å²) in [6.07, 6.45) is 7.76. The topological polar surface area (TPSA) is 33.4 Å². The van der Waals surface area contributed by atoms with Gasteiger partial charge in [-0.1, -0.05) is 6.07 Å². The Morgan fingerprint density at radius 3 is 2.70 bits per heavy atom. The Morgan fingerprint density at radius 2 is 1.90 bits per heavy atom. The van der Waals surface area contributed by atoms with E-state index in [0.717, 1.165) is 18.7 Å². The van der Waals surface area contributed by atoms with E-state index in [1.54, 1.807) is 0 Å². The van der Waals surface area contributed by atoms with Crippen molar-refractivity contribution in [2.45, 2.75) is 20.0 Å². The first-order valence-corrected chi connectivity index (χ1v) is 6.72. The minimum atomic E-state index is 0.868. The van der Waals surface area contributed by atoms with Crippen LogP contribution < -0.4 is 0 Å². The molecule has 0 aliphatic rings. The zero-order valence-corrected chi connectivity index (χ0v) is 11.8. The van der Waals surface area contributed by atoms with Gasteiger partial charge in [-0.2, -0.15) is 0 Å². The van der Waals surface area contributed by atoms with Crippen molar-refractivity contribution < 1.29 is 0 Å². The van der Waals surface area contributed by atoms with E-state index < -0.39 is 0 Å². The van der Waals surface area contributed by atoms with Crippen LogP contribution in [0.3, 0.4) is 0 Å². The molecule has 0 aliphatic carbocycles. The molecule has 20 heavy (non-hydrogen) atoms. The fourth-order valence-corrected chi connectivity index (χ4v) is 2.39. The largest absolute Gasteiger partial charge is 0.303 e. The van der Waals surface area contributed by atoms with Gasteiger partial charge < -0.3 is 4.40 Å². The van der Waals surface area contributed by atoms with Crippen LogP contribution in [-0.2, 0) is 13.1 Å². The van der Waals surface area contributed by atoms with Gasteiger partial charge in [0.05, 0.1) is 11.9 Å². The Bertz CT molecular complexity index is 703. The monoisotopic (exact) mass is 266 g/mol. The van der Waals surface area contributed by atoms with E-state index in [4.69, 9.17) is 0 Å². The number of pyridine rings is 2. The first kappa shape index (κ1) is 12.8. The summed E-state index contributed by atoms with van der Waals surface area (Å²) >= 11 is 0. The van der Waals surface area contributed by atoms with Crippen molar-refractivity contribution in [2.75, 3.05) is 7.05 Å². The Kier molecular flexibility index (Phi) is 3.48. The third-order valence-corrected chi connectivity index (χ3v) is 3.36. The third kappa shape index (κ3) is 2.70. The van der Waals surface area contributed by atoms with Gasteiger partial charge in [-0.25, -0.2) is 4.98 Å². The maximum Gasteiger partial charge on any atom is 0.136 e. The minimum absolute atomic E-state index is 0.868. The summed E-state index contributed by atoms with van der Waals surface area (Å²) in [7, 11) is 2.12. The zero-order chi connectivity index (χ0) is 13.9. The number of fused-ring (bicyclic) bond motifs is 1. The van der Waals surface area contributed by atoms with E-state index in [0.29, 0.717) is 0 Å². The second-order valence-electron chi connectivity index (χ2n) is 5.21. The standard InChI is InChI=1S/C16H18N4/c1-13-3-4-16-18-9-15(20(16)10-13)12-19(2)11-14-5-7-17-8-6-14/h3-10H,11-12H2,1-2H3. The van der Waals surface area contributed by atoms with Crippen molar-refractivity contribution in [1.82, 2.24) is 19.3 Å². The summed E-state index contributed by atoms with van der Waals surface area (Å²) < 4.78 is 2.17. The zero-order valence-electron chi connectivity index (χ0n) is 11.8. The van der Waals surface area contributed by atoms with E-state index in [1.807, 2.05) is 18.6 Å². The molecule has 4 heteroatoms. The molecule has 0 radical (unpaired) electrons. The van der Waals surface area contributed by atoms with Gasteiger partial charge in [-0.05, 0) is 43.3 Å². The summed E-state index contributed by atoms with van der Waals surface area (Å²) in [5.41, 5.74) is 4.73. The molecule has 0 fully saturated rings. The quantitative estimate of drug-likeness (QED) is 0.728. The molecule has 0 atom stereocenters. The van der Waals surface area contributed by atoms with Crippen LogP contribution in [0.2, 0.25) is 0 Å². The van der Waals surface area contributed by atoms with Crippen LogP contribution in [0.15, 0.2) is 49.1 Å². The lowest BCUT2D eigenvalue weighted by molar-refractivity contribution is 0.314. The fourth-order valence-electron chi connectivity index (χ4n) is 2.39. The van der Waals surface area contributed by atoms with Gasteiger partial charge in [0.25, 0.3) is 0 Å². The molecule has 0 saturated carbocycles. The van der Waals surface area contributed by atoms with Crippen LogP contribution in [0.25, 0.3) is 5.65 Å². The highest BCUT2D eigenvalue weighted by Crippen LogP contribution is 2.12. The van der Waals surface area contributed by atoms with Crippen molar-refractivity contribution >= 4 is 5.65 Å². The second-order valence-corrected chi connectivity index (χ2v) is 5.21. The van der Waals surface area contributed by atoms with Crippen LogP contribution in [0.5, 0.6) is 0 Å². The molecule has 0 bridgehead atoms. The normalized spacial score (nSPS) is 11.3. The molecule has 3 aromatic rings. The predicted octanol–water partition coefficient (Wildman–Crippen LogP) is 2.67. The van der Waals surface area contributed by atoms with Gasteiger partial charge in [0.15, 0.2) is 0 Å². The number of hydrogen-bond acceptors (Lipinski definition) is 3. The Morgan fingerprint density at radius 1 is 1.10 bits per heavy atom. The van der Waals surface area contributed by atoms with Gasteiger partial charge in [0.1, 0.15) is 5.65 Å². The molecule has 3 rings (SSSR count). The lowest BCUT2D eigenvalue weighted by Gasteiger charge is -2.16.